The van der Waals surface area contributed by atoms with Crippen LogP contribution in [0.15, 0.2) is 170 Å². The molecule has 0 radical (unpaired) electrons. The Morgan fingerprint density at radius 3 is 1.33 bits per heavy atom. The molecule has 8 aromatic carbocycles. The second-order valence-electron chi connectivity index (χ2n) is 11.8. The van der Waals surface area contributed by atoms with Crippen molar-refractivity contribution in [3.63, 3.8) is 0 Å². The molecule has 1 aromatic heterocycles. The number of nitrogens with zero attached hydrogens (tertiary/aromatic N) is 2. The van der Waals surface area contributed by atoms with Crippen LogP contribution in [0.1, 0.15) is 0 Å². The minimum absolute atomic E-state index is 0.726. The standard InChI is InChI=1S/C44H28N2/c1-3-14-30(15-4-1)40-28-41(31-16-5-2-6-17-31)46-44(45-40)43-38-21-11-9-19-36(38)42(37-20-10-12-22-39(37)43)33-25-26-35-32(27-33)24-23-29-13-7-8-18-34(29)35/h1-28H. The van der Waals surface area contributed by atoms with E-state index in [0.29, 0.717) is 0 Å². The number of fused-ring (bicyclic) bond motifs is 5. The largest absolute Gasteiger partial charge is 0.228 e. The summed E-state index contributed by atoms with van der Waals surface area (Å²) >= 11 is 0. The van der Waals surface area contributed by atoms with E-state index in [4.69, 9.17) is 9.97 Å². The molecular weight excluding hydrogens is 556 g/mol. The van der Waals surface area contributed by atoms with Gasteiger partial charge in [0.1, 0.15) is 0 Å². The number of benzene rings is 8. The van der Waals surface area contributed by atoms with Crippen molar-refractivity contribution in [3.05, 3.63) is 170 Å². The summed E-state index contributed by atoms with van der Waals surface area (Å²) in [4.78, 5) is 10.5. The van der Waals surface area contributed by atoms with E-state index in [9.17, 15) is 0 Å². The first-order valence-corrected chi connectivity index (χ1v) is 15.7. The van der Waals surface area contributed by atoms with Gasteiger partial charge in [0.05, 0.1) is 11.4 Å². The molecule has 0 bridgehead atoms. The number of rotatable bonds is 4. The van der Waals surface area contributed by atoms with Gasteiger partial charge in [-0.15, -0.1) is 0 Å². The molecule has 0 saturated carbocycles. The molecule has 0 amide bonds. The third kappa shape index (κ3) is 4.35. The van der Waals surface area contributed by atoms with Crippen LogP contribution in [0.2, 0.25) is 0 Å². The molecule has 0 aliphatic heterocycles. The van der Waals surface area contributed by atoms with Crippen LogP contribution in [-0.2, 0) is 0 Å². The first-order valence-electron chi connectivity index (χ1n) is 15.7. The van der Waals surface area contributed by atoms with Crippen LogP contribution in [-0.4, -0.2) is 9.97 Å². The highest BCUT2D eigenvalue weighted by Gasteiger charge is 2.20. The van der Waals surface area contributed by atoms with E-state index in [2.05, 4.69) is 158 Å². The van der Waals surface area contributed by atoms with Gasteiger partial charge in [-0.1, -0.05) is 158 Å². The Balaban J connectivity index is 1.34. The summed E-state index contributed by atoms with van der Waals surface area (Å²) in [6, 6.07) is 60.3. The van der Waals surface area contributed by atoms with Crippen molar-refractivity contribution in [1.82, 2.24) is 9.97 Å². The Hall–Kier alpha value is -6.12. The van der Waals surface area contributed by atoms with Crippen LogP contribution >= 0.6 is 0 Å². The van der Waals surface area contributed by atoms with E-state index < -0.39 is 0 Å². The van der Waals surface area contributed by atoms with Crippen LogP contribution in [0.4, 0.5) is 0 Å². The summed E-state index contributed by atoms with van der Waals surface area (Å²) < 4.78 is 0. The van der Waals surface area contributed by atoms with Gasteiger partial charge < -0.3 is 0 Å². The van der Waals surface area contributed by atoms with Crippen LogP contribution in [0.25, 0.3) is 88.1 Å². The van der Waals surface area contributed by atoms with E-state index in [0.717, 1.165) is 44.7 Å². The Labute approximate surface area is 267 Å². The van der Waals surface area contributed by atoms with E-state index in [-0.39, 0.29) is 0 Å². The molecule has 9 rings (SSSR count). The van der Waals surface area contributed by atoms with Crippen LogP contribution in [0.5, 0.6) is 0 Å². The maximum atomic E-state index is 5.26. The highest BCUT2D eigenvalue weighted by Crippen LogP contribution is 2.44. The van der Waals surface area contributed by atoms with Crippen LogP contribution in [0, 0.1) is 0 Å². The highest BCUT2D eigenvalue weighted by atomic mass is 14.9. The summed E-state index contributed by atoms with van der Waals surface area (Å²) in [6.45, 7) is 0. The summed E-state index contributed by atoms with van der Waals surface area (Å²) in [5, 5.41) is 9.69. The van der Waals surface area contributed by atoms with Crippen molar-refractivity contribution in [2.24, 2.45) is 0 Å². The molecule has 1 heterocycles. The SMILES string of the molecule is c1ccc(-c2cc(-c3ccccc3)nc(-c3c4ccccc4c(-c4ccc5c(ccc6ccccc65)c4)c4ccccc34)n2)cc1. The lowest BCUT2D eigenvalue weighted by atomic mass is 9.87. The van der Waals surface area contributed by atoms with Crippen molar-refractivity contribution >= 4 is 43.1 Å². The van der Waals surface area contributed by atoms with Crippen molar-refractivity contribution < 1.29 is 0 Å². The topological polar surface area (TPSA) is 25.8 Å². The summed E-state index contributed by atoms with van der Waals surface area (Å²) in [5.74, 6) is 0.726. The molecule has 0 aliphatic rings. The molecule has 0 atom stereocenters. The molecule has 0 unspecified atom stereocenters. The van der Waals surface area contributed by atoms with Gasteiger partial charge in [0.25, 0.3) is 0 Å². The lowest BCUT2D eigenvalue weighted by Crippen LogP contribution is -1.98. The lowest BCUT2D eigenvalue weighted by molar-refractivity contribution is 1.19. The third-order valence-corrected chi connectivity index (χ3v) is 9.05. The molecule has 2 nitrogen and oxygen atoms in total. The predicted molar refractivity (Wildman–Crippen MR) is 194 cm³/mol. The lowest BCUT2D eigenvalue weighted by Gasteiger charge is -2.18. The summed E-state index contributed by atoms with van der Waals surface area (Å²) in [7, 11) is 0. The quantitative estimate of drug-likeness (QED) is 0.152. The van der Waals surface area contributed by atoms with E-state index >= 15 is 0 Å². The Morgan fingerprint density at radius 1 is 0.283 bits per heavy atom. The van der Waals surface area contributed by atoms with Gasteiger partial charge in [0.15, 0.2) is 5.82 Å². The molecule has 46 heavy (non-hydrogen) atoms. The fourth-order valence-electron chi connectivity index (χ4n) is 6.92. The first-order chi connectivity index (χ1) is 22.8. The molecule has 9 aromatic rings. The fourth-order valence-corrected chi connectivity index (χ4v) is 6.92. The third-order valence-electron chi connectivity index (χ3n) is 9.05. The van der Waals surface area contributed by atoms with Gasteiger partial charge in [0, 0.05) is 16.7 Å². The molecule has 0 N–H and O–H groups in total. The summed E-state index contributed by atoms with van der Waals surface area (Å²) in [6.07, 6.45) is 0. The van der Waals surface area contributed by atoms with E-state index in [1.807, 2.05) is 12.1 Å². The minimum atomic E-state index is 0.726. The van der Waals surface area contributed by atoms with Crippen molar-refractivity contribution in [2.45, 2.75) is 0 Å². The van der Waals surface area contributed by atoms with E-state index in [1.54, 1.807) is 0 Å². The second-order valence-corrected chi connectivity index (χ2v) is 11.8. The zero-order valence-electron chi connectivity index (χ0n) is 25.1. The molecule has 214 valence electrons. The van der Waals surface area contributed by atoms with Gasteiger partial charge in [-0.3, -0.25) is 0 Å². The average Bonchev–Trinajstić information content (AvgIpc) is 3.14. The second kappa shape index (κ2) is 10.8. The minimum Gasteiger partial charge on any atom is -0.228 e. The van der Waals surface area contributed by atoms with Crippen molar-refractivity contribution in [3.8, 4) is 45.0 Å². The monoisotopic (exact) mass is 584 g/mol. The van der Waals surface area contributed by atoms with Crippen molar-refractivity contribution in [2.75, 3.05) is 0 Å². The summed E-state index contributed by atoms with van der Waals surface area (Å²) in [5.41, 5.74) is 7.43. The maximum absolute atomic E-state index is 5.26. The molecular formula is C44H28N2. The molecule has 0 fully saturated rings. The Kier molecular flexibility index (Phi) is 6.17. The van der Waals surface area contributed by atoms with Gasteiger partial charge >= 0.3 is 0 Å². The number of hydrogen-bond acceptors (Lipinski definition) is 2. The van der Waals surface area contributed by atoms with Gasteiger partial charge in [-0.05, 0) is 66.3 Å². The fraction of sp³-hybridized carbons (Fsp3) is 0. The Bertz CT molecular complexity index is 2460. The van der Waals surface area contributed by atoms with Crippen molar-refractivity contribution in [1.29, 1.82) is 0 Å². The molecule has 0 saturated heterocycles. The van der Waals surface area contributed by atoms with Gasteiger partial charge in [0.2, 0.25) is 0 Å². The molecule has 0 spiro atoms. The van der Waals surface area contributed by atoms with Crippen LogP contribution in [0.3, 0.4) is 0 Å². The zero-order valence-corrected chi connectivity index (χ0v) is 25.1. The Morgan fingerprint density at radius 2 is 0.739 bits per heavy atom. The number of hydrogen-bond donors (Lipinski definition) is 0. The zero-order chi connectivity index (χ0) is 30.5. The first kappa shape index (κ1) is 26.3. The van der Waals surface area contributed by atoms with Gasteiger partial charge in [-0.25, -0.2) is 9.97 Å². The number of aromatic nitrogens is 2. The predicted octanol–water partition coefficient (Wildman–Crippen LogP) is 11.8. The normalized spacial score (nSPS) is 11.5. The molecule has 0 aliphatic carbocycles. The van der Waals surface area contributed by atoms with Gasteiger partial charge in [-0.2, -0.15) is 0 Å². The highest BCUT2D eigenvalue weighted by molar-refractivity contribution is 6.21. The average molecular weight is 585 g/mol. The van der Waals surface area contributed by atoms with Crippen LogP contribution < -0.4 is 0 Å². The smallest absolute Gasteiger partial charge is 0.161 e. The van der Waals surface area contributed by atoms with E-state index in [1.165, 1.54) is 43.4 Å². The molecule has 2 heteroatoms. The maximum Gasteiger partial charge on any atom is 0.161 e.